The van der Waals surface area contributed by atoms with Gasteiger partial charge in [0.15, 0.2) is 0 Å². The molecule has 4 heteroatoms. The fraction of sp³-hybridized carbons (Fsp3) is 0.667. The molecule has 0 spiro atoms. The number of nitrogens with one attached hydrogen (secondary N) is 1. The van der Waals surface area contributed by atoms with Crippen LogP contribution in [0.5, 0.6) is 0 Å². The van der Waals surface area contributed by atoms with E-state index in [1.54, 1.807) is 0 Å². The van der Waals surface area contributed by atoms with E-state index in [-0.39, 0.29) is 0 Å². The first-order valence-corrected chi connectivity index (χ1v) is 5.91. The van der Waals surface area contributed by atoms with Crippen LogP contribution in [0.3, 0.4) is 0 Å². The number of rotatable bonds is 2. The summed E-state index contributed by atoms with van der Waals surface area (Å²) in [7, 11) is 1.98. The third kappa shape index (κ3) is 1.96. The number of amidine groups is 1. The smallest absolute Gasteiger partial charge is 0.0960 e. The predicted octanol–water partition coefficient (Wildman–Crippen LogP) is 2.00. The molecule has 0 aromatic carbocycles. The first kappa shape index (κ1) is 11.2. The Morgan fingerprint density at radius 1 is 1.31 bits per heavy atom. The van der Waals surface area contributed by atoms with Crippen LogP contribution in [0.4, 0.5) is 0 Å². The lowest BCUT2D eigenvalue weighted by Crippen LogP contribution is -2.34. The second-order valence-electron chi connectivity index (χ2n) is 4.60. The number of nitrogens with zero attached hydrogens (tertiary/aromatic N) is 3. The number of likely N-dealkylation sites (tertiary alicyclic amines) is 1. The van der Waals surface area contributed by atoms with Gasteiger partial charge in [0.2, 0.25) is 0 Å². The van der Waals surface area contributed by atoms with E-state index in [4.69, 9.17) is 5.41 Å². The maximum absolute atomic E-state index is 7.94. The van der Waals surface area contributed by atoms with Crippen LogP contribution in [0.2, 0.25) is 0 Å². The first-order chi connectivity index (χ1) is 7.59. The Morgan fingerprint density at radius 2 is 2.06 bits per heavy atom. The summed E-state index contributed by atoms with van der Waals surface area (Å²) in [5.74, 6) is 0.786. The largest absolute Gasteiger partial charge is 0.356 e. The van der Waals surface area contributed by atoms with Crippen LogP contribution in [-0.2, 0) is 13.6 Å². The van der Waals surface area contributed by atoms with Crippen molar-refractivity contribution >= 4 is 5.84 Å². The average Bonchev–Trinajstić information content (AvgIpc) is 2.48. The number of aryl methyl sites for hydroxylation is 2. The molecule has 0 atom stereocenters. The van der Waals surface area contributed by atoms with Crippen LogP contribution in [0.25, 0.3) is 0 Å². The second-order valence-corrected chi connectivity index (χ2v) is 4.60. The molecule has 16 heavy (non-hydrogen) atoms. The molecule has 1 aromatic rings. The van der Waals surface area contributed by atoms with Crippen LogP contribution < -0.4 is 0 Å². The maximum Gasteiger partial charge on any atom is 0.0960 e. The average molecular weight is 220 g/mol. The summed E-state index contributed by atoms with van der Waals surface area (Å²) in [6, 6.07) is 0. The van der Waals surface area contributed by atoms with E-state index in [0.717, 1.165) is 31.0 Å². The molecule has 0 amide bonds. The Bertz CT molecular complexity index is 405. The Balaban J connectivity index is 2.16. The van der Waals surface area contributed by atoms with Crippen LogP contribution in [0.1, 0.15) is 36.2 Å². The SMILES string of the molecule is Cc1nn(C)c(C)c1CN1CCCCC1=N. The topological polar surface area (TPSA) is 44.9 Å². The molecule has 88 valence electrons. The van der Waals surface area contributed by atoms with Crippen molar-refractivity contribution in [1.82, 2.24) is 14.7 Å². The molecule has 1 fully saturated rings. The lowest BCUT2D eigenvalue weighted by Gasteiger charge is -2.29. The van der Waals surface area contributed by atoms with Gasteiger partial charge in [-0.1, -0.05) is 0 Å². The highest BCUT2D eigenvalue weighted by atomic mass is 15.3. The van der Waals surface area contributed by atoms with E-state index in [0.29, 0.717) is 0 Å². The predicted molar refractivity (Wildman–Crippen MR) is 64.7 cm³/mol. The van der Waals surface area contributed by atoms with Crippen LogP contribution in [0, 0.1) is 19.3 Å². The highest BCUT2D eigenvalue weighted by Crippen LogP contribution is 2.18. The van der Waals surface area contributed by atoms with Crippen molar-refractivity contribution in [3.05, 3.63) is 17.0 Å². The highest BCUT2D eigenvalue weighted by molar-refractivity contribution is 5.79. The minimum atomic E-state index is 0.786. The maximum atomic E-state index is 7.94. The standard InChI is InChI=1S/C12H20N4/c1-9-11(10(2)15(3)14-9)8-16-7-5-4-6-12(16)13/h13H,4-8H2,1-3H3. The second kappa shape index (κ2) is 4.28. The Labute approximate surface area is 96.8 Å². The number of piperidine rings is 1. The molecule has 0 saturated carbocycles. The van der Waals surface area contributed by atoms with Crippen molar-refractivity contribution in [3.63, 3.8) is 0 Å². The molecule has 1 aromatic heterocycles. The summed E-state index contributed by atoms with van der Waals surface area (Å²) in [6.07, 6.45) is 3.30. The van der Waals surface area contributed by atoms with Crippen LogP contribution in [0.15, 0.2) is 0 Å². The molecule has 1 aliphatic rings. The zero-order chi connectivity index (χ0) is 11.7. The molecule has 4 nitrogen and oxygen atoms in total. The molecule has 0 unspecified atom stereocenters. The summed E-state index contributed by atoms with van der Waals surface area (Å²) in [5.41, 5.74) is 3.60. The molecule has 0 bridgehead atoms. The minimum Gasteiger partial charge on any atom is -0.356 e. The van der Waals surface area contributed by atoms with Gasteiger partial charge in [0.05, 0.1) is 11.5 Å². The quantitative estimate of drug-likeness (QED) is 0.828. The van der Waals surface area contributed by atoms with Crippen molar-refractivity contribution in [3.8, 4) is 0 Å². The molecule has 1 N–H and O–H groups in total. The summed E-state index contributed by atoms with van der Waals surface area (Å²) in [4.78, 5) is 2.18. The normalized spacial score (nSPS) is 16.9. The van der Waals surface area contributed by atoms with E-state index in [9.17, 15) is 0 Å². The van der Waals surface area contributed by atoms with E-state index in [2.05, 4.69) is 23.8 Å². The molecular weight excluding hydrogens is 200 g/mol. The van der Waals surface area contributed by atoms with Gasteiger partial charge in [0.1, 0.15) is 0 Å². The van der Waals surface area contributed by atoms with Gasteiger partial charge in [-0.25, -0.2) is 0 Å². The first-order valence-electron chi connectivity index (χ1n) is 5.91. The van der Waals surface area contributed by atoms with Crippen molar-refractivity contribution in [1.29, 1.82) is 5.41 Å². The van der Waals surface area contributed by atoms with Gasteiger partial charge in [0, 0.05) is 37.8 Å². The van der Waals surface area contributed by atoms with Gasteiger partial charge < -0.3 is 4.90 Å². The summed E-state index contributed by atoms with van der Waals surface area (Å²) in [5, 5.41) is 12.4. The zero-order valence-corrected chi connectivity index (χ0v) is 10.4. The van der Waals surface area contributed by atoms with Gasteiger partial charge in [0.25, 0.3) is 0 Å². The highest BCUT2D eigenvalue weighted by Gasteiger charge is 2.18. The fourth-order valence-electron chi connectivity index (χ4n) is 2.30. The van der Waals surface area contributed by atoms with Gasteiger partial charge >= 0.3 is 0 Å². The number of hydrogen-bond acceptors (Lipinski definition) is 2. The van der Waals surface area contributed by atoms with Crippen molar-refractivity contribution in [2.24, 2.45) is 7.05 Å². The van der Waals surface area contributed by atoms with Crippen molar-refractivity contribution < 1.29 is 0 Å². The Kier molecular flexibility index (Phi) is 2.99. The summed E-state index contributed by atoms with van der Waals surface area (Å²) in [6.45, 7) is 6.02. The van der Waals surface area contributed by atoms with Gasteiger partial charge in [-0.2, -0.15) is 5.10 Å². The van der Waals surface area contributed by atoms with E-state index < -0.39 is 0 Å². The lowest BCUT2D eigenvalue weighted by molar-refractivity contribution is 0.360. The number of aromatic nitrogens is 2. The lowest BCUT2D eigenvalue weighted by atomic mass is 10.1. The minimum absolute atomic E-state index is 0.786. The van der Waals surface area contributed by atoms with E-state index >= 15 is 0 Å². The summed E-state index contributed by atoms with van der Waals surface area (Å²) >= 11 is 0. The number of hydrogen-bond donors (Lipinski definition) is 1. The Morgan fingerprint density at radius 3 is 2.62 bits per heavy atom. The molecule has 2 rings (SSSR count). The molecule has 1 saturated heterocycles. The third-order valence-corrected chi connectivity index (χ3v) is 3.48. The van der Waals surface area contributed by atoms with Crippen LogP contribution in [-0.4, -0.2) is 27.1 Å². The van der Waals surface area contributed by atoms with Gasteiger partial charge in [-0.05, 0) is 26.7 Å². The third-order valence-electron chi connectivity index (χ3n) is 3.48. The molecular formula is C12H20N4. The van der Waals surface area contributed by atoms with Gasteiger partial charge in [-0.15, -0.1) is 0 Å². The van der Waals surface area contributed by atoms with Crippen molar-refractivity contribution in [2.75, 3.05) is 6.54 Å². The zero-order valence-electron chi connectivity index (χ0n) is 10.4. The van der Waals surface area contributed by atoms with E-state index in [1.807, 2.05) is 11.7 Å². The molecule has 1 aliphatic heterocycles. The monoisotopic (exact) mass is 220 g/mol. The van der Waals surface area contributed by atoms with Crippen molar-refractivity contribution in [2.45, 2.75) is 39.7 Å². The molecule has 0 radical (unpaired) electrons. The molecule has 0 aliphatic carbocycles. The van der Waals surface area contributed by atoms with Crippen LogP contribution >= 0.6 is 0 Å². The van der Waals surface area contributed by atoms with E-state index in [1.165, 1.54) is 24.1 Å². The summed E-state index contributed by atoms with van der Waals surface area (Å²) < 4.78 is 1.93. The van der Waals surface area contributed by atoms with Gasteiger partial charge in [-0.3, -0.25) is 10.1 Å². The fourth-order valence-corrected chi connectivity index (χ4v) is 2.30. The Hall–Kier alpha value is -1.32. The molecule has 2 heterocycles.